The molecule has 2 heterocycles. The van der Waals surface area contributed by atoms with Crippen molar-refractivity contribution >= 4 is 17.9 Å². The van der Waals surface area contributed by atoms with Gasteiger partial charge in [0, 0.05) is 6.20 Å². The van der Waals surface area contributed by atoms with Crippen LogP contribution in [0.15, 0.2) is 83.4 Å². The number of guanidine groups is 1. The van der Waals surface area contributed by atoms with E-state index in [1.165, 1.54) is 4.90 Å². The lowest BCUT2D eigenvalue weighted by Crippen LogP contribution is -2.35. The molecular formula is C19H16N4O. The first-order valence-corrected chi connectivity index (χ1v) is 7.70. The van der Waals surface area contributed by atoms with Crippen molar-refractivity contribution in [3.63, 3.8) is 0 Å². The van der Waals surface area contributed by atoms with Gasteiger partial charge in [-0.15, -0.1) is 0 Å². The Labute approximate surface area is 140 Å². The van der Waals surface area contributed by atoms with Crippen molar-refractivity contribution < 1.29 is 4.79 Å². The van der Waals surface area contributed by atoms with Gasteiger partial charge in [0.1, 0.15) is 11.5 Å². The Morgan fingerprint density at radius 3 is 2.38 bits per heavy atom. The maximum absolute atomic E-state index is 12.6. The third-order valence-electron chi connectivity index (χ3n) is 3.94. The van der Waals surface area contributed by atoms with Gasteiger partial charge in [-0.1, -0.05) is 60.7 Å². The van der Waals surface area contributed by atoms with Gasteiger partial charge in [0.05, 0.1) is 6.54 Å². The topological polar surface area (TPSA) is 61.9 Å². The predicted octanol–water partition coefficient (Wildman–Crippen LogP) is 2.50. The summed E-state index contributed by atoms with van der Waals surface area (Å²) in [5.41, 5.74) is 8.48. The highest BCUT2D eigenvalue weighted by molar-refractivity contribution is 6.16. The number of carbonyl (C=O) groups is 1. The first-order chi connectivity index (χ1) is 11.7. The largest absolute Gasteiger partial charge is 0.383 e. The Kier molecular flexibility index (Phi) is 3.39. The standard InChI is InChI=1S/C19H16N4O/c20-17-13-22(12-15-9-5-2-6-10-15)19-21-16(18(24)23(17)19)11-14-7-3-1-4-8-14/h1-11,13H,12,20H2. The first kappa shape index (κ1) is 14.3. The normalized spacial score (nSPS) is 18.0. The van der Waals surface area contributed by atoms with Crippen LogP contribution in [0.1, 0.15) is 11.1 Å². The number of nitrogens with zero attached hydrogens (tertiary/aromatic N) is 3. The fraction of sp³-hybridized carbons (Fsp3) is 0.0526. The second-order valence-corrected chi connectivity index (χ2v) is 5.66. The molecule has 0 radical (unpaired) electrons. The molecule has 0 saturated carbocycles. The zero-order chi connectivity index (χ0) is 16.5. The van der Waals surface area contributed by atoms with Crippen molar-refractivity contribution in [2.24, 2.45) is 10.7 Å². The van der Waals surface area contributed by atoms with E-state index in [4.69, 9.17) is 5.73 Å². The lowest BCUT2D eigenvalue weighted by Gasteiger charge is -2.17. The molecule has 0 fully saturated rings. The minimum atomic E-state index is -0.196. The Bertz CT molecular complexity index is 869. The van der Waals surface area contributed by atoms with E-state index in [0.717, 1.165) is 11.1 Å². The van der Waals surface area contributed by atoms with Crippen LogP contribution in [-0.2, 0) is 11.3 Å². The van der Waals surface area contributed by atoms with Crippen LogP contribution in [0.5, 0.6) is 0 Å². The molecule has 0 spiro atoms. The van der Waals surface area contributed by atoms with E-state index < -0.39 is 0 Å². The molecule has 0 unspecified atom stereocenters. The fourth-order valence-corrected chi connectivity index (χ4v) is 2.81. The zero-order valence-corrected chi connectivity index (χ0v) is 13.0. The molecule has 0 aromatic heterocycles. The van der Waals surface area contributed by atoms with Gasteiger partial charge in [0.2, 0.25) is 5.96 Å². The smallest absolute Gasteiger partial charge is 0.285 e. The Hall–Kier alpha value is -3.34. The second kappa shape index (κ2) is 5.70. The van der Waals surface area contributed by atoms with Crippen LogP contribution in [0.25, 0.3) is 6.08 Å². The predicted molar refractivity (Wildman–Crippen MR) is 93.0 cm³/mol. The molecule has 5 nitrogen and oxygen atoms in total. The summed E-state index contributed by atoms with van der Waals surface area (Å²) in [6.45, 7) is 0.614. The molecule has 2 aliphatic rings. The van der Waals surface area contributed by atoms with Crippen molar-refractivity contribution in [3.8, 4) is 0 Å². The van der Waals surface area contributed by atoms with E-state index in [2.05, 4.69) is 4.99 Å². The Morgan fingerprint density at radius 1 is 1.00 bits per heavy atom. The van der Waals surface area contributed by atoms with Gasteiger partial charge in [0.25, 0.3) is 5.91 Å². The fourth-order valence-electron chi connectivity index (χ4n) is 2.81. The molecule has 4 rings (SSSR count). The van der Waals surface area contributed by atoms with Gasteiger partial charge in [-0.2, -0.15) is 0 Å². The molecule has 0 atom stereocenters. The number of rotatable bonds is 3. The summed E-state index contributed by atoms with van der Waals surface area (Å²) in [5.74, 6) is 0.757. The number of fused-ring (bicyclic) bond motifs is 1. The maximum atomic E-state index is 12.6. The average Bonchev–Trinajstić information content (AvgIpc) is 3.08. The molecule has 2 aliphatic heterocycles. The van der Waals surface area contributed by atoms with Gasteiger partial charge in [-0.05, 0) is 17.2 Å². The number of benzene rings is 2. The van der Waals surface area contributed by atoms with E-state index in [0.29, 0.717) is 24.0 Å². The van der Waals surface area contributed by atoms with Gasteiger partial charge < -0.3 is 10.6 Å². The molecule has 0 aliphatic carbocycles. The molecule has 2 N–H and O–H groups in total. The van der Waals surface area contributed by atoms with Crippen LogP contribution < -0.4 is 5.73 Å². The first-order valence-electron chi connectivity index (χ1n) is 7.70. The number of aliphatic imine (C=N–C) groups is 1. The summed E-state index contributed by atoms with van der Waals surface area (Å²) in [5, 5.41) is 0. The highest BCUT2D eigenvalue weighted by Crippen LogP contribution is 2.27. The van der Waals surface area contributed by atoms with Crippen molar-refractivity contribution in [2.45, 2.75) is 6.54 Å². The summed E-state index contributed by atoms with van der Waals surface area (Å²) < 4.78 is 0. The van der Waals surface area contributed by atoms with E-state index >= 15 is 0 Å². The molecular weight excluding hydrogens is 300 g/mol. The van der Waals surface area contributed by atoms with Crippen molar-refractivity contribution in [2.75, 3.05) is 0 Å². The van der Waals surface area contributed by atoms with Crippen LogP contribution in [0.2, 0.25) is 0 Å². The van der Waals surface area contributed by atoms with Crippen LogP contribution >= 0.6 is 0 Å². The van der Waals surface area contributed by atoms with Gasteiger partial charge in [0.15, 0.2) is 0 Å². The average molecular weight is 316 g/mol. The number of carbonyl (C=O) groups excluding carboxylic acids is 1. The minimum Gasteiger partial charge on any atom is -0.383 e. The van der Waals surface area contributed by atoms with E-state index in [1.807, 2.05) is 65.6 Å². The van der Waals surface area contributed by atoms with Crippen molar-refractivity contribution in [1.82, 2.24) is 9.80 Å². The molecule has 5 heteroatoms. The van der Waals surface area contributed by atoms with E-state index in [9.17, 15) is 4.79 Å². The summed E-state index contributed by atoms with van der Waals surface area (Å²) in [6, 6.07) is 19.7. The summed E-state index contributed by atoms with van der Waals surface area (Å²) in [7, 11) is 0. The van der Waals surface area contributed by atoms with Crippen LogP contribution in [0.3, 0.4) is 0 Å². The highest BCUT2D eigenvalue weighted by atomic mass is 16.2. The molecule has 1 amide bonds. The highest BCUT2D eigenvalue weighted by Gasteiger charge is 2.39. The summed E-state index contributed by atoms with van der Waals surface area (Å²) >= 11 is 0. The SMILES string of the molecule is NC1=CN(Cc2ccccc2)C2=NC(=Cc3ccccc3)C(=O)N12. The molecule has 0 bridgehead atoms. The molecule has 24 heavy (non-hydrogen) atoms. The Balaban J connectivity index is 1.65. The summed E-state index contributed by atoms with van der Waals surface area (Å²) in [6.07, 6.45) is 3.53. The van der Waals surface area contributed by atoms with E-state index in [1.54, 1.807) is 12.3 Å². The minimum absolute atomic E-state index is 0.196. The maximum Gasteiger partial charge on any atom is 0.285 e. The third-order valence-corrected chi connectivity index (χ3v) is 3.94. The van der Waals surface area contributed by atoms with Crippen LogP contribution in [-0.4, -0.2) is 21.7 Å². The third kappa shape index (κ3) is 2.46. The quantitative estimate of drug-likeness (QED) is 0.885. The van der Waals surface area contributed by atoms with E-state index in [-0.39, 0.29) is 5.91 Å². The number of hydrogen-bond acceptors (Lipinski definition) is 4. The molecule has 118 valence electrons. The monoisotopic (exact) mass is 316 g/mol. The number of hydrogen-bond donors (Lipinski definition) is 1. The second-order valence-electron chi connectivity index (χ2n) is 5.66. The van der Waals surface area contributed by atoms with Crippen molar-refractivity contribution in [1.29, 1.82) is 0 Å². The van der Waals surface area contributed by atoms with Gasteiger partial charge in [-0.3, -0.25) is 4.79 Å². The van der Waals surface area contributed by atoms with Gasteiger partial charge >= 0.3 is 0 Å². The lowest BCUT2D eigenvalue weighted by atomic mass is 10.2. The van der Waals surface area contributed by atoms with Crippen LogP contribution in [0, 0.1) is 0 Å². The molecule has 2 aromatic rings. The number of amides is 1. The molecule has 2 aromatic carbocycles. The Morgan fingerprint density at radius 2 is 1.67 bits per heavy atom. The van der Waals surface area contributed by atoms with Crippen molar-refractivity contribution in [3.05, 3.63) is 89.5 Å². The number of nitrogens with two attached hydrogens (primary N) is 1. The van der Waals surface area contributed by atoms with Crippen LogP contribution in [0.4, 0.5) is 0 Å². The zero-order valence-electron chi connectivity index (χ0n) is 13.0. The lowest BCUT2D eigenvalue weighted by molar-refractivity contribution is -0.121. The molecule has 0 saturated heterocycles. The van der Waals surface area contributed by atoms with Gasteiger partial charge in [-0.25, -0.2) is 9.89 Å². The summed E-state index contributed by atoms with van der Waals surface area (Å²) in [4.78, 5) is 20.5.